The number of hydrogen-bond donors (Lipinski definition) is 2. The largest absolute Gasteiger partial charge is 0.503 e. The number of aromatic hydroxyl groups is 1. The van der Waals surface area contributed by atoms with Crippen LogP contribution in [0, 0.1) is 30.2 Å². The molecule has 0 saturated heterocycles. The number of carbonyl (C=O) groups is 1. The molecule has 0 spiro atoms. The molecule has 0 aliphatic rings. The molecule has 0 bridgehead atoms. The van der Waals surface area contributed by atoms with Crippen molar-refractivity contribution in [1.82, 2.24) is 0 Å². The minimum Gasteiger partial charge on any atom is -0.503 e. The molecule has 11 heteroatoms. The van der Waals surface area contributed by atoms with Crippen LogP contribution in [0.4, 0.5) is 23.2 Å². The van der Waals surface area contributed by atoms with Crippen molar-refractivity contribution in [3.63, 3.8) is 0 Å². The van der Waals surface area contributed by atoms with Crippen molar-refractivity contribution >= 4 is 32.8 Å². The van der Waals surface area contributed by atoms with Crippen LogP contribution >= 0.6 is 11.3 Å². The van der Waals surface area contributed by atoms with Gasteiger partial charge < -0.3 is 5.11 Å². The zero-order valence-corrected chi connectivity index (χ0v) is 19.4. The molecule has 1 aromatic heterocycles. The summed E-state index contributed by atoms with van der Waals surface area (Å²) in [5, 5.41) is 9.39. The van der Waals surface area contributed by atoms with Gasteiger partial charge in [0.05, 0.1) is 21.0 Å². The standard InChI is InChI=1S/C24H15F4NO4S2/c1-12-15(3-2-4-18(12)29-35(32,33)14-7-5-13(25)6-8-14)19-9-10-20(34-19)23(30)16-11-17(26)22(28)24(31)21(16)27/h2-11,29,31H,1H3. The van der Waals surface area contributed by atoms with E-state index in [9.17, 15) is 35.9 Å². The first-order valence-corrected chi connectivity index (χ1v) is 12.2. The Labute approximate surface area is 201 Å². The molecule has 4 aromatic rings. The second-order valence-electron chi connectivity index (χ2n) is 7.41. The first-order valence-electron chi connectivity index (χ1n) is 9.89. The van der Waals surface area contributed by atoms with E-state index in [-0.39, 0.29) is 15.5 Å². The van der Waals surface area contributed by atoms with Crippen molar-refractivity contribution in [1.29, 1.82) is 0 Å². The number of rotatable bonds is 6. The second kappa shape index (κ2) is 9.16. The number of nitrogens with one attached hydrogen (secondary N) is 1. The lowest BCUT2D eigenvalue weighted by Gasteiger charge is -2.13. The average molecular weight is 522 g/mol. The van der Waals surface area contributed by atoms with Gasteiger partial charge in [0.2, 0.25) is 11.6 Å². The number of carbonyl (C=O) groups excluding carboxylic acids is 1. The zero-order chi connectivity index (χ0) is 25.5. The monoisotopic (exact) mass is 521 g/mol. The molecule has 4 rings (SSSR count). The maximum Gasteiger partial charge on any atom is 0.261 e. The quantitative estimate of drug-likeness (QED) is 0.185. The van der Waals surface area contributed by atoms with Crippen LogP contribution in [-0.4, -0.2) is 19.3 Å². The Bertz CT molecular complexity index is 1570. The van der Waals surface area contributed by atoms with Crippen LogP contribution in [0.2, 0.25) is 0 Å². The molecule has 3 aromatic carbocycles. The van der Waals surface area contributed by atoms with Gasteiger partial charge in [0.15, 0.2) is 17.4 Å². The summed E-state index contributed by atoms with van der Waals surface area (Å²) in [5.74, 6) is -8.05. The van der Waals surface area contributed by atoms with Crippen LogP contribution in [-0.2, 0) is 10.0 Å². The van der Waals surface area contributed by atoms with Crippen molar-refractivity contribution in [3.05, 3.63) is 99.9 Å². The highest BCUT2D eigenvalue weighted by atomic mass is 32.2. The van der Waals surface area contributed by atoms with E-state index in [0.717, 1.165) is 35.6 Å². The maximum absolute atomic E-state index is 14.2. The number of benzene rings is 3. The Balaban J connectivity index is 1.66. The SMILES string of the molecule is Cc1c(NS(=O)(=O)c2ccc(F)cc2)cccc1-c1ccc(C(=O)c2cc(F)c(F)c(O)c2F)s1. The van der Waals surface area contributed by atoms with Crippen molar-refractivity contribution < 1.29 is 35.9 Å². The third-order valence-electron chi connectivity index (χ3n) is 5.17. The van der Waals surface area contributed by atoms with E-state index >= 15 is 0 Å². The van der Waals surface area contributed by atoms with Gasteiger partial charge in [0.1, 0.15) is 5.82 Å². The molecule has 0 aliphatic heterocycles. The Morgan fingerprint density at radius 3 is 2.31 bits per heavy atom. The fourth-order valence-electron chi connectivity index (χ4n) is 3.32. The number of hydrogen-bond acceptors (Lipinski definition) is 5. The molecule has 0 amide bonds. The molecular formula is C24H15F4NO4S2. The third-order valence-corrected chi connectivity index (χ3v) is 7.67. The van der Waals surface area contributed by atoms with Crippen molar-refractivity contribution in [3.8, 4) is 16.2 Å². The van der Waals surface area contributed by atoms with E-state index in [0.29, 0.717) is 22.1 Å². The summed E-state index contributed by atoms with van der Waals surface area (Å²) in [4.78, 5) is 13.1. The molecule has 0 unspecified atom stereocenters. The molecule has 0 radical (unpaired) electrons. The number of phenolic OH excluding ortho intramolecular Hbond substituents is 1. The molecule has 0 aliphatic carbocycles. The van der Waals surface area contributed by atoms with E-state index in [4.69, 9.17) is 0 Å². The lowest BCUT2D eigenvalue weighted by molar-refractivity contribution is 0.103. The summed E-state index contributed by atoms with van der Waals surface area (Å²) in [6.07, 6.45) is 0. The normalized spacial score (nSPS) is 11.5. The van der Waals surface area contributed by atoms with Gasteiger partial charge >= 0.3 is 0 Å². The number of ketones is 1. The smallest absolute Gasteiger partial charge is 0.261 e. The van der Waals surface area contributed by atoms with E-state index in [1.165, 1.54) is 18.2 Å². The summed E-state index contributed by atoms with van der Waals surface area (Å²) >= 11 is 0.919. The molecule has 2 N–H and O–H groups in total. The zero-order valence-electron chi connectivity index (χ0n) is 17.8. The van der Waals surface area contributed by atoms with Crippen LogP contribution in [0.5, 0.6) is 5.75 Å². The van der Waals surface area contributed by atoms with Gasteiger partial charge in [0.25, 0.3) is 10.0 Å². The van der Waals surface area contributed by atoms with Gasteiger partial charge in [-0.15, -0.1) is 11.3 Å². The highest BCUT2D eigenvalue weighted by Crippen LogP contribution is 2.36. The number of anilines is 1. The van der Waals surface area contributed by atoms with Crippen LogP contribution in [0.15, 0.2) is 65.6 Å². The first-order chi connectivity index (χ1) is 16.5. The predicted molar refractivity (Wildman–Crippen MR) is 123 cm³/mol. The van der Waals surface area contributed by atoms with Crippen LogP contribution in [0.3, 0.4) is 0 Å². The summed E-state index contributed by atoms with van der Waals surface area (Å²) in [6, 6.07) is 12.4. The lowest BCUT2D eigenvalue weighted by atomic mass is 10.1. The second-order valence-corrected chi connectivity index (χ2v) is 10.2. The van der Waals surface area contributed by atoms with Crippen LogP contribution < -0.4 is 4.72 Å². The molecule has 0 atom stereocenters. The predicted octanol–water partition coefficient (Wildman–Crippen LogP) is 6.02. The van der Waals surface area contributed by atoms with Crippen molar-refractivity contribution in [2.75, 3.05) is 4.72 Å². The van der Waals surface area contributed by atoms with Gasteiger partial charge in [-0.3, -0.25) is 9.52 Å². The summed E-state index contributed by atoms with van der Waals surface area (Å²) in [6.45, 7) is 1.64. The molecule has 0 saturated carbocycles. The lowest BCUT2D eigenvalue weighted by Crippen LogP contribution is -2.14. The van der Waals surface area contributed by atoms with Gasteiger partial charge in [0, 0.05) is 4.88 Å². The van der Waals surface area contributed by atoms with Crippen LogP contribution in [0.1, 0.15) is 20.8 Å². The Kier molecular flexibility index (Phi) is 6.39. The molecular weight excluding hydrogens is 506 g/mol. The van der Waals surface area contributed by atoms with E-state index in [2.05, 4.69) is 4.72 Å². The molecule has 35 heavy (non-hydrogen) atoms. The van der Waals surface area contributed by atoms with Gasteiger partial charge in [-0.1, -0.05) is 12.1 Å². The number of sulfonamides is 1. The summed E-state index contributed by atoms with van der Waals surface area (Å²) in [7, 11) is -4.01. The molecule has 0 fully saturated rings. The highest BCUT2D eigenvalue weighted by molar-refractivity contribution is 7.92. The first kappa shape index (κ1) is 24.4. The fourth-order valence-corrected chi connectivity index (χ4v) is 5.49. The molecule has 1 heterocycles. The van der Waals surface area contributed by atoms with E-state index in [1.54, 1.807) is 19.1 Å². The fraction of sp³-hybridized carbons (Fsp3) is 0.0417. The minimum atomic E-state index is -4.01. The Morgan fingerprint density at radius 2 is 1.63 bits per heavy atom. The number of phenols is 1. The summed E-state index contributed by atoms with van der Waals surface area (Å²) < 4.78 is 82.1. The van der Waals surface area contributed by atoms with Crippen molar-refractivity contribution in [2.45, 2.75) is 11.8 Å². The van der Waals surface area contributed by atoms with Gasteiger partial charge in [-0.25, -0.2) is 21.6 Å². The highest BCUT2D eigenvalue weighted by Gasteiger charge is 2.25. The van der Waals surface area contributed by atoms with Crippen molar-refractivity contribution in [2.24, 2.45) is 0 Å². The third kappa shape index (κ3) is 4.64. The maximum atomic E-state index is 14.2. The average Bonchev–Trinajstić information content (AvgIpc) is 3.31. The summed E-state index contributed by atoms with van der Waals surface area (Å²) in [5.41, 5.74) is 0.481. The van der Waals surface area contributed by atoms with E-state index in [1.807, 2.05) is 0 Å². The van der Waals surface area contributed by atoms with Crippen LogP contribution in [0.25, 0.3) is 10.4 Å². The number of halogens is 4. The van der Waals surface area contributed by atoms with E-state index < -0.39 is 50.4 Å². The molecule has 180 valence electrons. The van der Waals surface area contributed by atoms with Gasteiger partial charge in [-0.05, 0) is 66.6 Å². The molecule has 5 nitrogen and oxygen atoms in total. The Hall–Kier alpha value is -3.70. The Morgan fingerprint density at radius 1 is 0.943 bits per heavy atom. The topological polar surface area (TPSA) is 83.5 Å². The van der Waals surface area contributed by atoms with Gasteiger partial charge in [-0.2, -0.15) is 4.39 Å². The minimum absolute atomic E-state index is 0.0130. The number of thiophene rings is 1.